The summed E-state index contributed by atoms with van der Waals surface area (Å²) in [6.07, 6.45) is 0. The van der Waals surface area contributed by atoms with Crippen LogP contribution in [0.3, 0.4) is 0 Å². The highest BCUT2D eigenvalue weighted by molar-refractivity contribution is 5.72. The largest absolute Gasteiger partial charge is 0.508 e. The van der Waals surface area contributed by atoms with Crippen molar-refractivity contribution < 1.29 is 5.11 Å². The molecule has 0 heterocycles. The Morgan fingerprint density at radius 2 is 1.50 bits per heavy atom. The van der Waals surface area contributed by atoms with Crippen molar-refractivity contribution in [3.63, 3.8) is 0 Å². The lowest BCUT2D eigenvalue weighted by molar-refractivity contribution is 0.475. The van der Waals surface area contributed by atoms with E-state index < -0.39 is 0 Å². The summed E-state index contributed by atoms with van der Waals surface area (Å²) in [5, 5.41) is 18.1. The molecule has 5 heteroatoms. The molecule has 6 N–H and O–H groups in total. The fourth-order valence-corrected chi connectivity index (χ4v) is 1.81. The second kappa shape index (κ2) is 5.78. The number of rotatable bonds is 3. The Morgan fingerprint density at radius 1 is 1.00 bits per heavy atom. The summed E-state index contributed by atoms with van der Waals surface area (Å²) in [4.78, 5) is 0. The van der Waals surface area contributed by atoms with Gasteiger partial charge in [-0.25, -0.2) is 5.84 Å². The minimum Gasteiger partial charge on any atom is -0.508 e. The van der Waals surface area contributed by atoms with Crippen LogP contribution in [0.15, 0.2) is 54.2 Å². The lowest BCUT2D eigenvalue weighted by Gasteiger charge is -2.07. The molecular formula is C15H14N4O. The molecule has 0 aliphatic carbocycles. The van der Waals surface area contributed by atoms with Gasteiger partial charge in [-0.3, -0.25) is 0 Å². The number of nitrogens with zero attached hydrogens (tertiary/aromatic N) is 1. The number of benzene rings is 2. The van der Waals surface area contributed by atoms with Crippen LogP contribution in [0.2, 0.25) is 0 Å². The first-order valence-electron chi connectivity index (χ1n) is 5.92. The third kappa shape index (κ3) is 2.71. The molecule has 0 spiro atoms. The number of nitrogens with one attached hydrogen (secondary N) is 1. The number of allylic oxidation sites excluding steroid dienone is 1. The van der Waals surface area contributed by atoms with Gasteiger partial charge in [0.2, 0.25) is 0 Å². The van der Waals surface area contributed by atoms with Crippen LogP contribution in [0.5, 0.6) is 5.75 Å². The van der Waals surface area contributed by atoms with Crippen LogP contribution in [0, 0.1) is 11.3 Å². The Bertz CT molecular complexity index is 667. The molecule has 100 valence electrons. The normalized spacial score (nSPS) is 11.4. The van der Waals surface area contributed by atoms with Gasteiger partial charge in [-0.1, -0.05) is 36.4 Å². The van der Waals surface area contributed by atoms with Gasteiger partial charge in [-0.15, -0.1) is 0 Å². The minimum absolute atomic E-state index is 0.127. The zero-order valence-corrected chi connectivity index (χ0v) is 10.7. The number of hydrazine groups is 1. The van der Waals surface area contributed by atoms with Crippen molar-refractivity contribution in [1.29, 1.82) is 5.26 Å². The topological polar surface area (TPSA) is 108 Å². The predicted octanol–water partition coefficient (Wildman–Crippen LogP) is 1.67. The first-order valence-corrected chi connectivity index (χ1v) is 5.92. The Labute approximate surface area is 116 Å². The first kappa shape index (κ1) is 13.5. The number of nitrogens with two attached hydrogens (primary N) is 2. The van der Waals surface area contributed by atoms with E-state index >= 15 is 0 Å². The van der Waals surface area contributed by atoms with Crippen LogP contribution in [0.1, 0.15) is 5.56 Å². The van der Waals surface area contributed by atoms with Crippen molar-refractivity contribution >= 4 is 5.70 Å². The summed E-state index contributed by atoms with van der Waals surface area (Å²) in [7, 11) is 0. The molecule has 0 aromatic heterocycles. The molecule has 5 nitrogen and oxygen atoms in total. The van der Waals surface area contributed by atoms with Crippen LogP contribution >= 0.6 is 0 Å². The van der Waals surface area contributed by atoms with Crippen LogP contribution in [-0.4, -0.2) is 5.11 Å². The molecule has 0 atom stereocenters. The first-order chi connectivity index (χ1) is 9.65. The van der Waals surface area contributed by atoms with E-state index in [2.05, 4.69) is 5.43 Å². The Hall–Kier alpha value is -2.97. The smallest absolute Gasteiger partial charge is 0.151 e. The summed E-state index contributed by atoms with van der Waals surface area (Å²) in [5.41, 5.74) is 11.2. The van der Waals surface area contributed by atoms with Gasteiger partial charge in [-0.05, 0) is 23.3 Å². The SMILES string of the molecule is N#C/C(NN)=C(/N)c1ccc(-c2ccc(O)cc2)cc1. The minimum atomic E-state index is 0.127. The van der Waals surface area contributed by atoms with Crippen LogP contribution in [0.4, 0.5) is 0 Å². The van der Waals surface area contributed by atoms with Gasteiger partial charge in [0.1, 0.15) is 11.8 Å². The second-order valence-corrected chi connectivity index (χ2v) is 4.17. The van der Waals surface area contributed by atoms with E-state index in [1.807, 2.05) is 42.5 Å². The van der Waals surface area contributed by atoms with Gasteiger partial charge in [-0.2, -0.15) is 5.26 Å². The molecule has 2 aromatic rings. The summed E-state index contributed by atoms with van der Waals surface area (Å²) in [6.45, 7) is 0. The molecule has 0 bridgehead atoms. The summed E-state index contributed by atoms with van der Waals surface area (Å²) in [5.74, 6) is 5.45. The average Bonchev–Trinajstić information content (AvgIpc) is 2.49. The summed E-state index contributed by atoms with van der Waals surface area (Å²) < 4.78 is 0. The highest BCUT2D eigenvalue weighted by Crippen LogP contribution is 2.23. The molecular weight excluding hydrogens is 252 g/mol. The number of aromatic hydroxyl groups is 1. The maximum Gasteiger partial charge on any atom is 0.151 e. The van der Waals surface area contributed by atoms with Crippen molar-refractivity contribution in [2.45, 2.75) is 0 Å². The van der Waals surface area contributed by atoms with E-state index in [0.717, 1.165) is 11.1 Å². The van der Waals surface area contributed by atoms with E-state index in [1.54, 1.807) is 12.1 Å². The zero-order valence-electron chi connectivity index (χ0n) is 10.7. The van der Waals surface area contributed by atoms with Crippen molar-refractivity contribution in [2.75, 3.05) is 0 Å². The van der Waals surface area contributed by atoms with Gasteiger partial charge < -0.3 is 16.3 Å². The van der Waals surface area contributed by atoms with Gasteiger partial charge >= 0.3 is 0 Å². The van der Waals surface area contributed by atoms with Crippen molar-refractivity contribution in [2.24, 2.45) is 11.6 Å². The van der Waals surface area contributed by atoms with E-state index in [9.17, 15) is 5.11 Å². The number of phenols is 1. The summed E-state index contributed by atoms with van der Waals surface area (Å²) >= 11 is 0. The van der Waals surface area contributed by atoms with Crippen LogP contribution < -0.4 is 17.0 Å². The fraction of sp³-hybridized carbons (Fsp3) is 0. The Kier molecular flexibility index (Phi) is 3.89. The monoisotopic (exact) mass is 266 g/mol. The number of hydrogen-bond donors (Lipinski definition) is 4. The predicted molar refractivity (Wildman–Crippen MR) is 77.6 cm³/mol. The fourth-order valence-electron chi connectivity index (χ4n) is 1.81. The molecule has 0 radical (unpaired) electrons. The van der Waals surface area contributed by atoms with Gasteiger partial charge in [0.25, 0.3) is 0 Å². The molecule has 0 saturated heterocycles. The second-order valence-electron chi connectivity index (χ2n) is 4.17. The third-order valence-corrected chi connectivity index (χ3v) is 2.92. The van der Waals surface area contributed by atoms with Crippen molar-refractivity contribution in [3.8, 4) is 22.9 Å². The number of phenolic OH excluding ortho intramolecular Hbond substituents is 1. The van der Waals surface area contributed by atoms with Crippen LogP contribution in [0.25, 0.3) is 16.8 Å². The highest BCUT2D eigenvalue weighted by atomic mass is 16.3. The standard InChI is InChI=1S/C15H14N4O/c16-9-14(19-18)15(17)12-3-1-10(2-4-12)11-5-7-13(20)8-6-11/h1-8,19-20H,17-18H2/b15-14-. The quantitative estimate of drug-likeness (QED) is 0.384. The van der Waals surface area contributed by atoms with Gasteiger partial charge in [0.15, 0.2) is 5.70 Å². The van der Waals surface area contributed by atoms with Crippen molar-refractivity contribution in [1.82, 2.24) is 5.43 Å². The lowest BCUT2D eigenvalue weighted by atomic mass is 10.0. The van der Waals surface area contributed by atoms with Crippen molar-refractivity contribution in [3.05, 3.63) is 59.8 Å². The van der Waals surface area contributed by atoms with Crippen LogP contribution in [-0.2, 0) is 0 Å². The van der Waals surface area contributed by atoms with E-state index in [0.29, 0.717) is 11.3 Å². The Balaban J connectivity index is 2.34. The number of nitriles is 1. The third-order valence-electron chi connectivity index (χ3n) is 2.92. The molecule has 0 fully saturated rings. The number of hydrogen-bond acceptors (Lipinski definition) is 5. The molecule has 0 saturated carbocycles. The zero-order chi connectivity index (χ0) is 14.5. The molecule has 0 unspecified atom stereocenters. The molecule has 2 rings (SSSR count). The molecule has 20 heavy (non-hydrogen) atoms. The maximum absolute atomic E-state index is 9.26. The van der Waals surface area contributed by atoms with E-state index in [4.69, 9.17) is 16.8 Å². The summed E-state index contributed by atoms with van der Waals surface area (Å²) in [6, 6.07) is 16.2. The maximum atomic E-state index is 9.26. The molecule has 0 aliphatic rings. The van der Waals surface area contributed by atoms with E-state index in [-0.39, 0.29) is 11.4 Å². The molecule has 0 amide bonds. The van der Waals surface area contributed by atoms with E-state index in [1.165, 1.54) is 0 Å². The Morgan fingerprint density at radius 3 is 1.95 bits per heavy atom. The molecule has 0 aliphatic heterocycles. The van der Waals surface area contributed by atoms with Gasteiger partial charge in [0, 0.05) is 5.56 Å². The van der Waals surface area contributed by atoms with Gasteiger partial charge in [0.05, 0.1) is 5.70 Å². The lowest BCUT2D eigenvalue weighted by Crippen LogP contribution is -2.23. The molecule has 2 aromatic carbocycles. The average molecular weight is 266 g/mol. The highest BCUT2D eigenvalue weighted by Gasteiger charge is 2.05.